The summed E-state index contributed by atoms with van der Waals surface area (Å²) < 4.78 is 10.3. The van der Waals surface area contributed by atoms with Crippen LogP contribution in [0.4, 0.5) is 4.79 Å². The summed E-state index contributed by atoms with van der Waals surface area (Å²) >= 11 is 0. The number of ether oxygens (including phenoxy) is 2. The third-order valence-electron chi connectivity index (χ3n) is 2.52. The quantitative estimate of drug-likeness (QED) is 0.657. The zero-order valence-electron chi connectivity index (χ0n) is 10.2. The molecule has 0 bridgehead atoms. The maximum absolute atomic E-state index is 10.7. The molecule has 4 nitrogen and oxygen atoms in total. The van der Waals surface area contributed by atoms with Crippen LogP contribution in [0.2, 0.25) is 0 Å². The van der Waals surface area contributed by atoms with Crippen molar-refractivity contribution in [1.82, 2.24) is 0 Å². The molecule has 0 aliphatic rings. The molecule has 4 heteroatoms. The number of carboxylic acid groups (broad SMARTS) is 1. The number of carbonyl (C=O) groups is 1. The van der Waals surface area contributed by atoms with E-state index in [1.807, 2.05) is 36.4 Å². The van der Waals surface area contributed by atoms with Crippen molar-refractivity contribution in [3.63, 3.8) is 0 Å². The van der Waals surface area contributed by atoms with E-state index in [4.69, 9.17) is 14.6 Å². The highest BCUT2D eigenvalue weighted by Crippen LogP contribution is 2.20. The molecule has 19 heavy (non-hydrogen) atoms. The van der Waals surface area contributed by atoms with Gasteiger partial charge >= 0.3 is 6.16 Å². The van der Waals surface area contributed by atoms with E-state index in [-0.39, 0.29) is 6.61 Å². The Labute approximate surface area is 111 Å². The van der Waals surface area contributed by atoms with E-state index in [2.05, 4.69) is 0 Å². The van der Waals surface area contributed by atoms with Gasteiger partial charge in [-0.3, -0.25) is 0 Å². The zero-order chi connectivity index (χ0) is 13.5. The maximum Gasteiger partial charge on any atom is 0.508 e. The van der Waals surface area contributed by atoms with Gasteiger partial charge in [0.25, 0.3) is 0 Å². The minimum Gasteiger partial charge on any atom is -0.450 e. The van der Waals surface area contributed by atoms with Gasteiger partial charge in [0.15, 0.2) is 0 Å². The lowest BCUT2D eigenvalue weighted by Gasteiger charge is -2.17. The van der Waals surface area contributed by atoms with Crippen LogP contribution in [-0.2, 0) is 16.1 Å². The van der Waals surface area contributed by atoms with Gasteiger partial charge in [0, 0.05) is 5.56 Å². The van der Waals surface area contributed by atoms with Crippen LogP contribution in [0.1, 0.15) is 17.4 Å². The van der Waals surface area contributed by atoms with Crippen LogP contribution in [0.3, 0.4) is 0 Å². The van der Waals surface area contributed by atoms with Crippen LogP contribution in [0, 0.1) is 0 Å². The summed E-state index contributed by atoms with van der Waals surface area (Å²) in [6.07, 6.45) is -2.28. The van der Waals surface area contributed by atoms with E-state index in [0.717, 1.165) is 5.56 Å². The molecule has 0 amide bonds. The molecule has 1 unspecified atom stereocenters. The second kappa shape index (κ2) is 6.56. The molecular formula is C15H14O4. The Kier molecular flexibility index (Phi) is 4.53. The molecule has 2 rings (SSSR count). The molecule has 2 aromatic rings. The third-order valence-corrected chi connectivity index (χ3v) is 2.52. The minimum atomic E-state index is -1.36. The van der Waals surface area contributed by atoms with Crippen molar-refractivity contribution in [3.05, 3.63) is 71.8 Å². The van der Waals surface area contributed by atoms with Gasteiger partial charge < -0.3 is 14.6 Å². The highest BCUT2D eigenvalue weighted by atomic mass is 16.8. The lowest BCUT2D eigenvalue weighted by atomic mass is 10.2. The van der Waals surface area contributed by atoms with Crippen LogP contribution in [0.15, 0.2) is 60.7 Å². The fourth-order valence-electron chi connectivity index (χ4n) is 1.65. The summed E-state index contributed by atoms with van der Waals surface area (Å²) in [7, 11) is 0. The molecule has 2 aromatic carbocycles. The van der Waals surface area contributed by atoms with Crippen molar-refractivity contribution in [2.75, 3.05) is 0 Å². The fraction of sp³-hybridized carbons (Fsp3) is 0.133. The van der Waals surface area contributed by atoms with Crippen molar-refractivity contribution in [2.24, 2.45) is 0 Å². The Morgan fingerprint density at radius 2 is 1.58 bits per heavy atom. The van der Waals surface area contributed by atoms with Crippen molar-refractivity contribution in [3.8, 4) is 0 Å². The topological polar surface area (TPSA) is 55.8 Å². The van der Waals surface area contributed by atoms with Gasteiger partial charge in [-0.25, -0.2) is 4.79 Å². The number of rotatable bonds is 5. The first-order valence-electron chi connectivity index (χ1n) is 5.86. The van der Waals surface area contributed by atoms with Crippen LogP contribution in [0.25, 0.3) is 0 Å². The normalized spacial score (nSPS) is 11.8. The van der Waals surface area contributed by atoms with Gasteiger partial charge in [-0.2, -0.15) is 0 Å². The standard InChI is InChI=1S/C15H14O4/c16-15(17)19-14(13-9-5-2-6-10-13)18-11-12-7-3-1-4-8-12/h1-10,14H,11H2,(H,16,17). The number of benzene rings is 2. The Hall–Kier alpha value is -2.33. The van der Waals surface area contributed by atoms with Gasteiger partial charge in [0.2, 0.25) is 6.29 Å². The van der Waals surface area contributed by atoms with Crippen LogP contribution < -0.4 is 0 Å². The summed E-state index contributed by atoms with van der Waals surface area (Å²) in [6.45, 7) is 0.285. The van der Waals surface area contributed by atoms with Crippen molar-refractivity contribution >= 4 is 6.16 Å². The van der Waals surface area contributed by atoms with Crippen molar-refractivity contribution in [2.45, 2.75) is 12.9 Å². The summed E-state index contributed by atoms with van der Waals surface area (Å²) in [5.74, 6) is 0. The van der Waals surface area contributed by atoms with Crippen LogP contribution in [-0.4, -0.2) is 11.3 Å². The maximum atomic E-state index is 10.7. The average Bonchev–Trinajstić information content (AvgIpc) is 2.45. The second-order valence-electron chi connectivity index (χ2n) is 3.92. The summed E-state index contributed by atoms with van der Waals surface area (Å²) in [4.78, 5) is 10.7. The Morgan fingerprint density at radius 1 is 1.00 bits per heavy atom. The first-order valence-corrected chi connectivity index (χ1v) is 5.86. The number of hydrogen-bond donors (Lipinski definition) is 1. The SMILES string of the molecule is O=C(O)OC(OCc1ccccc1)c1ccccc1. The predicted molar refractivity (Wildman–Crippen MR) is 69.5 cm³/mol. The van der Waals surface area contributed by atoms with Gasteiger partial charge in [-0.15, -0.1) is 0 Å². The molecular weight excluding hydrogens is 244 g/mol. The number of hydrogen-bond acceptors (Lipinski definition) is 3. The largest absolute Gasteiger partial charge is 0.508 e. The minimum absolute atomic E-state index is 0.285. The van der Waals surface area contributed by atoms with Crippen LogP contribution >= 0.6 is 0 Å². The first-order chi connectivity index (χ1) is 9.25. The van der Waals surface area contributed by atoms with E-state index in [9.17, 15) is 4.79 Å². The second-order valence-corrected chi connectivity index (χ2v) is 3.92. The van der Waals surface area contributed by atoms with Crippen LogP contribution in [0.5, 0.6) is 0 Å². The summed E-state index contributed by atoms with van der Waals surface area (Å²) in [6, 6.07) is 18.5. The smallest absolute Gasteiger partial charge is 0.450 e. The monoisotopic (exact) mass is 258 g/mol. The van der Waals surface area contributed by atoms with Crippen molar-refractivity contribution in [1.29, 1.82) is 0 Å². The van der Waals surface area contributed by atoms with E-state index >= 15 is 0 Å². The van der Waals surface area contributed by atoms with Gasteiger partial charge in [-0.05, 0) is 5.56 Å². The molecule has 0 aliphatic carbocycles. The van der Waals surface area contributed by atoms with E-state index in [1.165, 1.54) is 0 Å². The molecule has 1 atom stereocenters. The Morgan fingerprint density at radius 3 is 2.16 bits per heavy atom. The molecule has 0 radical (unpaired) electrons. The van der Waals surface area contributed by atoms with Gasteiger partial charge in [-0.1, -0.05) is 60.7 Å². The summed E-state index contributed by atoms with van der Waals surface area (Å²) in [5, 5.41) is 8.74. The predicted octanol–water partition coefficient (Wildman–Crippen LogP) is 3.60. The molecule has 0 aromatic heterocycles. The van der Waals surface area contributed by atoms with Gasteiger partial charge in [0.1, 0.15) is 0 Å². The molecule has 98 valence electrons. The molecule has 0 heterocycles. The molecule has 0 aliphatic heterocycles. The fourth-order valence-corrected chi connectivity index (χ4v) is 1.65. The zero-order valence-corrected chi connectivity index (χ0v) is 10.2. The van der Waals surface area contributed by atoms with Crippen molar-refractivity contribution < 1.29 is 19.4 Å². The van der Waals surface area contributed by atoms with Gasteiger partial charge in [0.05, 0.1) is 6.61 Å². The molecule has 0 saturated carbocycles. The Bertz CT molecular complexity index is 510. The lowest BCUT2D eigenvalue weighted by molar-refractivity contribution is -0.127. The van der Waals surface area contributed by atoms with E-state index in [0.29, 0.717) is 5.56 Å². The molecule has 0 spiro atoms. The third kappa shape index (κ3) is 4.12. The van der Waals surface area contributed by atoms with E-state index < -0.39 is 12.4 Å². The molecule has 0 fully saturated rings. The Balaban J connectivity index is 2.04. The first kappa shape index (κ1) is 13.1. The summed E-state index contributed by atoms with van der Waals surface area (Å²) in [5.41, 5.74) is 1.62. The highest BCUT2D eigenvalue weighted by molar-refractivity contribution is 5.57. The highest BCUT2D eigenvalue weighted by Gasteiger charge is 2.16. The molecule has 0 saturated heterocycles. The average molecular weight is 258 g/mol. The van der Waals surface area contributed by atoms with E-state index in [1.54, 1.807) is 24.3 Å². The molecule has 1 N–H and O–H groups in total. The lowest BCUT2D eigenvalue weighted by Crippen LogP contribution is -2.12.